The maximum absolute atomic E-state index is 11.1. The van der Waals surface area contributed by atoms with Gasteiger partial charge in [0.2, 0.25) is 0 Å². The van der Waals surface area contributed by atoms with Crippen LogP contribution in [0.25, 0.3) is 0 Å². The Morgan fingerprint density at radius 3 is 2.79 bits per heavy atom. The minimum atomic E-state index is -0.861. The molecule has 0 bridgehead atoms. The van der Waals surface area contributed by atoms with Crippen molar-refractivity contribution in [1.29, 1.82) is 0 Å². The molecule has 6 heteroatoms. The molecule has 1 aliphatic rings. The molecule has 2 rings (SSSR count). The summed E-state index contributed by atoms with van der Waals surface area (Å²) in [7, 11) is 0. The quantitative estimate of drug-likeness (QED) is 0.692. The van der Waals surface area contributed by atoms with E-state index >= 15 is 0 Å². The highest BCUT2D eigenvalue weighted by molar-refractivity contribution is 5.77. The Balaban J connectivity index is 2.32. The predicted octanol–water partition coefficient (Wildman–Crippen LogP) is -0.299. The van der Waals surface area contributed by atoms with Crippen LogP contribution in [0.15, 0.2) is 6.20 Å². The normalized spacial score (nSPS) is 18.9. The van der Waals surface area contributed by atoms with E-state index < -0.39 is 11.5 Å². The number of nitrogens with zero attached hydrogens (tertiary/aromatic N) is 3. The Morgan fingerprint density at radius 1 is 1.71 bits per heavy atom. The Hall–Kier alpha value is -1.43. The summed E-state index contributed by atoms with van der Waals surface area (Å²) in [6, 6.07) is 0. The van der Waals surface area contributed by atoms with Gasteiger partial charge >= 0.3 is 5.97 Å². The zero-order chi connectivity index (χ0) is 10.2. The smallest absolute Gasteiger partial charge is 0.331 e. The van der Waals surface area contributed by atoms with E-state index in [1.807, 2.05) is 0 Å². The predicted molar refractivity (Wildman–Crippen MR) is 47.4 cm³/mol. The number of rotatable bonds is 3. The summed E-state index contributed by atoms with van der Waals surface area (Å²) >= 11 is 0. The molecule has 1 fully saturated rings. The molecule has 0 aromatic carbocycles. The molecule has 0 aliphatic heterocycles. The fourth-order valence-electron chi connectivity index (χ4n) is 1.65. The summed E-state index contributed by atoms with van der Waals surface area (Å²) in [5.41, 5.74) is 5.14. The van der Waals surface area contributed by atoms with E-state index in [0.717, 1.165) is 6.42 Å². The fourth-order valence-corrected chi connectivity index (χ4v) is 1.65. The van der Waals surface area contributed by atoms with E-state index in [-0.39, 0.29) is 6.54 Å². The van der Waals surface area contributed by atoms with E-state index in [9.17, 15) is 4.79 Å². The number of aliphatic carboxylic acids is 1. The van der Waals surface area contributed by atoms with Crippen molar-refractivity contribution in [1.82, 2.24) is 15.0 Å². The van der Waals surface area contributed by atoms with Crippen LogP contribution in [-0.2, 0) is 16.9 Å². The number of hydrogen-bond donors (Lipinski definition) is 2. The molecule has 0 saturated heterocycles. The van der Waals surface area contributed by atoms with Crippen molar-refractivity contribution in [2.24, 2.45) is 5.73 Å². The van der Waals surface area contributed by atoms with Crippen molar-refractivity contribution in [2.45, 2.75) is 31.3 Å². The van der Waals surface area contributed by atoms with Crippen LogP contribution in [0.2, 0.25) is 0 Å². The molecule has 1 aliphatic carbocycles. The highest BCUT2D eigenvalue weighted by atomic mass is 16.4. The van der Waals surface area contributed by atoms with Gasteiger partial charge in [0.15, 0.2) is 5.54 Å². The zero-order valence-corrected chi connectivity index (χ0v) is 7.68. The Labute approximate surface area is 80.7 Å². The third kappa shape index (κ3) is 1.11. The molecule has 1 aromatic heterocycles. The first-order valence-corrected chi connectivity index (χ1v) is 4.54. The first-order valence-electron chi connectivity index (χ1n) is 4.54. The van der Waals surface area contributed by atoms with Crippen LogP contribution < -0.4 is 5.73 Å². The van der Waals surface area contributed by atoms with Gasteiger partial charge in [-0.3, -0.25) is 0 Å². The van der Waals surface area contributed by atoms with Gasteiger partial charge in [0, 0.05) is 6.54 Å². The van der Waals surface area contributed by atoms with Crippen LogP contribution in [0.1, 0.15) is 25.0 Å². The van der Waals surface area contributed by atoms with Crippen LogP contribution in [0.3, 0.4) is 0 Å². The monoisotopic (exact) mass is 196 g/mol. The molecule has 0 spiro atoms. The first kappa shape index (κ1) is 9.14. The van der Waals surface area contributed by atoms with Crippen LogP contribution in [0, 0.1) is 0 Å². The van der Waals surface area contributed by atoms with Gasteiger partial charge in [0.25, 0.3) is 0 Å². The van der Waals surface area contributed by atoms with Gasteiger partial charge < -0.3 is 10.8 Å². The van der Waals surface area contributed by atoms with Crippen LogP contribution in [0.4, 0.5) is 0 Å². The van der Waals surface area contributed by atoms with Crippen LogP contribution in [-0.4, -0.2) is 26.1 Å². The number of carboxylic acids is 1. The van der Waals surface area contributed by atoms with Crippen molar-refractivity contribution < 1.29 is 9.90 Å². The number of hydrogen-bond acceptors (Lipinski definition) is 4. The maximum Gasteiger partial charge on any atom is 0.331 e. The Bertz CT molecular complexity index is 356. The van der Waals surface area contributed by atoms with Gasteiger partial charge in [-0.15, -0.1) is 5.10 Å². The summed E-state index contributed by atoms with van der Waals surface area (Å²) in [5.74, 6) is -0.836. The van der Waals surface area contributed by atoms with Crippen molar-refractivity contribution in [2.75, 3.05) is 0 Å². The lowest BCUT2D eigenvalue weighted by atomic mass is 9.77. The van der Waals surface area contributed by atoms with Crippen LogP contribution >= 0.6 is 0 Å². The van der Waals surface area contributed by atoms with E-state index in [1.165, 1.54) is 4.68 Å². The highest BCUT2D eigenvalue weighted by Gasteiger charge is 2.47. The number of nitrogens with two attached hydrogens (primary N) is 1. The molecule has 1 aromatic rings. The lowest BCUT2D eigenvalue weighted by Crippen LogP contribution is -2.48. The molecule has 14 heavy (non-hydrogen) atoms. The molecule has 0 unspecified atom stereocenters. The molecule has 76 valence electrons. The second-order valence-corrected chi connectivity index (χ2v) is 3.55. The molecule has 6 nitrogen and oxygen atoms in total. The summed E-state index contributed by atoms with van der Waals surface area (Å²) < 4.78 is 1.43. The van der Waals surface area contributed by atoms with E-state index in [1.54, 1.807) is 6.20 Å². The molecule has 0 radical (unpaired) electrons. The van der Waals surface area contributed by atoms with Crippen molar-refractivity contribution in [3.8, 4) is 0 Å². The topological polar surface area (TPSA) is 94.0 Å². The lowest BCUT2D eigenvalue weighted by Gasteiger charge is -2.36. The number of carboxylic acid groups (broad SMARTS) is 1. The Morgan fingerprint density at radius 2 is 2.43 bits per heavy atom. The summed E-state index contributed by atoms with van der Waals surface area (Å²) in [6.07, 6.45) is 3.78. The van der Waals surface area contributed by atoms with Gasteiger partial charge in [0.05, 0.1) is 11.9 Å². The summed E-state index contributed by atoms with van der Waals surface area (Å²) in [5, 5.41) is 16.7. The van der Waals surface area contributed by atoms with Gasteiger partial charge in [-0.2, -0.15) is 0 Å². The third-order valence-electron chi connectivity index (χ3n) is 2.77. The molecule has 0 atom stereocenters. The number of carbonyl (C=O) groups is 1. The second kappa shape index (κ2) is 3.06. The minimum absolute atomic E-state index is 0.287. The average molecular weight is 196 g/mol. The minimum Gasteiger partial charge on any atom is -0.479 e. The second-order valence-electron chi connectivity index (χ2n) is 3.55. The van der Waals surface area contributed by atoms with Crippen molar-refractivity contribution in [3.05, 3.63) is 11.9 Å². The largest absolute Gasteiger partial charge is 0.479 e. The molecule has 1 saturated carbocycles. The average Bonchev–Trinajstić information content (AvgIpc) is 2.50. The lowest BCUT2D eigenvalue weighted by molar-refractivity contribution is -0.153. The third-order valence-corrected chi connectivity index (χ3v) is 2.77. The first-order chi connectivity index (χ1) is 6.69. The molecule has 3 N–H and O–H groups in total. The van der Waals surface area contributed by atoms with Crippen molar-refractivity contribution >= 4 is 5.97 Å². The summed E-state index contributed by atoms with van der Waals surface area (Å²) in [6.45, 7) is 0.287. The van der Waals surface area contributed by atoms with Gasteiger partial charge in [-0.1, -0.05) is 5.21 Å². The molecule has 1 heterocycles. The number of aromatic nitrogens is 3. The van der Waals surface area contributed by atoms with Crippen molar-refractivity contribution in [3.63, 3.8) is 0 Å². The van der Waals surface area contributed by atoms with Gasteiger partial charge in [0.1, 0.15) is 0 Å². The highest BCUT2D eigenvalue weighted by Crippen LogP contribution is 2.38. The molecular weight excluding hydrogens is 184 g/mol. The van der Waals surface area contributed by atoms with Crippen LogP contribution in [0.5, 0.6) is 0 Å². The summed E-state index contributed by atoms with van der Waals surface area (Å²) in [4.78, 5) is 11.1. The van der Waals surface area contributed by atoms with E-state index in [2.05, 4.69) is 10.3 Å². The van der Waals surface area contributed by atoms with E-state index in [4.69, 9.17) is 10.8 Å². The zero-order valence-electron chi connectivity index (χ0n) is 7.68. The fraction of sp³-hybridized carbons (Fsp3) is 0.625. The standard InChI is InChI=1S/C8H12N4O2/c9-4-6-5-12(11-10-6)8(7(13)14)2-1-3-8/h5H,1-4,9H2,(H,13,14). The van der Waals surface area contributed by atoms with Gasteiger partial charge in [-0.05, 0) is 19.3 Å². The van der Waals surface area contributed by atoms with Gasteiger partial charge in [-0.25, -0.2) is 9.48 Å². The SMILES string of the molecule is NCc1cn(C2(C(=O)O)CCC2)nn1. The van der Waals surface area contributed by atoms with E-state index in [0.29, 0.717) is 18.5 Å². The molecular formula is C8H12N4O2. The molecule has 0 amide bonds. The Kier molecular flexibility index (Phi) is 1.99. The maximum atomic E-state index is 11.1.